The predicted molar refractivity (Wildman–Crippen MR) is 132 cm³/mol. The first-order valence-electron chi connectivity index (χ1n) is 12.8. The second-order valence-electron chi connectivity index (χ2n) is 9.94. The first kappa shape index (κ1) is 23.6. The highest BCUT2D eigenvalue weighted by Gasteiger charge is 2.35. The standard InChI is InChI=1S/C27H28F2N6O2/c1-16-30-25(33-37-16)17-7-10-19(11-8-17)31-27(36)24-23-5-2-3-14-35(23)32-26(24)34-13-4-6-22(34)20-15-18(28)9-12-21(20)29/h2-3,5,9,12,14-15,17,19,22H,4,6-8,10-11,13H2,1H3,(H,31,36)/t17?,19?,22-/m1/s1. The van der Waals surface area contributed by atoms with E-state index in [1.807, 2.05) is 23.1 Å². The minimum atomic E-state index is -0.484. The summed E-state index contributed by atoms with van der Waals surface area (Å²) in [4.78, 5) is 20.0. The van der Waals surface area contributed by atoms with Gasteiger partial charge in [-0.3, -0.25) is 4.79 Å². The number of aryl methyl sites for hydroxylation is 1. The van der Waals surface area contributed by atoms with E-state index in [1.165, 1.54) is 6.07 Å². The van der Waals surface area contributed by atoms with E-state index in [1.54, 1.807) is 17.6 Å². The van der Waals surface area contributed by atoms with Gasteiger partial charge in [-0.25, -0.2) is 13.3 Å². The van der Waals surface area contributed by atoms with Crippen LogP contribution in [0.5, 0.6) is 0 Å². The molecule has 4 aromatic rings. The molecule has 1 saturated heterocycles. The third-order valence-electron chi connectivity index (χ3n) is 7.56. The maximum absolute atomic E-state index is 14.7. The lowest BCUT2D eigenvalue weighted by Gasteiger charge is -2.28. The molecule has 0 radical (unpaired) electrons. The molecule has 1 saturated carbocycles. The molecule has 6 rings (SSSR count). The van der Waals surface area contributed by atoms with E-state index in [4.69, 9.17) is 9.62 Å². The van der Waals surface area contributed by atoms with Gasteiger partial charge in [0.2, 0.25) is 5.89 Å². The average molecular weight is 507 g/mol. The minimum absolute atomic E-state index is 0.0123. The van der Waals surface area contributed by atoms with Gasteiger partial charge in [0.1, 0.15) is 17.2 Å². The fraction of sp³-hybridized carbons (Fsp3) is 0.407. The molecule has 0 unspecified atom stereocenters. The lowest BCUT2D eigenvalue weighted by molar-refractivity contribution is 0.0927. The number of halogens is 2. The van der Waals surface area contributed by atoms with Crippen LogP contribution in [0.4, 0.5) is 14.6 Å². The summed E-state index contributed by atoms with van der Waals surface area (Å²) in [5.74, 6) is 0.863. The first-order valence-corrected chi connectivity index (χ1v) is 12.8. The summed E-state index contributed by atoms with van der Waals surface area (Å²) in [6, 6.07) is 8.70. The Morgan fingerprint density at radius 3 is 2.73 bits per heavy atom. The van der Waals surface area contributed by atoms with Gasteiger partial charge >= 0.3 is 0 Å². The number of hydrogen-bond acceptors (Lipinski definition) is 6. The van der Waals surface area contributed by atoms with E-state index in [0.29, 0.717) is 35.8 Å². The lowest BCUT2D eigenvalue weighted by Crippen LogP contribution is -2.38. The van der Waals surface area contributed by atoms with Crippen LogP contribution in [-0.4, -0.2) is 38.2 Å². The molecule has 1 aromatic carbocycles. The number of anilines is 1. The molecule has 8 nitrogen and oxygen atoms in total. The van der Waals surface area contributed by atoms with Crippen LogP contribution in [0.2, 0.25) is 0 Å². The number of amides is 1. The van der Waals surface area contributed by atoms with Gasteiger partial charge in [0.15, 0.2) is 11.6 Å². The molecule has 2 aliphatic rings. The maximum atomic E-state index is 14.7. The van der Waals surface area contributed by atoms with E-state index in [2.05, 4.69) is 15.5 Å². The minimum Gasteiger partial charge on any atom is -0.349 e. The van der Waals surface area contributed by atoms with Gasteiger partial charge in [-0.2, -0.15) is 4.98 Å². The van der Waals surface area contributed by atoms with Crippen LogP contribution in [0.3, 0.4) is 0 Å². The van der Waals surface area contributed by atoms with Crippen molar-refractivity contribution < 1.29 is 18.1 Å². The van der Waals surface area contributed by atoms with Crippen molar-refractivity contribution >= 4 is 17.2 Å². The number of carbonyl (C=O) groups is 1. The van der Waals surface area contributed by atoms with Crippen LogP contribution in [0, 0.1) is 18.6 Å². The number of rotatable bonds is 5. The van der Waals surface area contributed by atoms with Crippen molar-refractivity contribution in [1.29, 1.82) is 0 Å². The van der Waals surface area contributed by atoms with Crippen LogP contribution in [0.15, 0.2) is 47.1 Å². The molecule has 1 aliphatic carbocycles. The number of pyridine rings is 1. The van der Waals surface area contributed by atoms with E-state index >= 15 is 0 Å². The Balaban J connectivity index is 1.27. The maximum Gasteiger partial charge on any atom is 0.257 e. The number of hydrogen-bond donors (Lipinski definition) is 1. The Labute approximate surface area is 212 Å². The Morgan fingerprint density at radius 2 is 1.95 bits per heavy atom. The van der Waals surface area contributed by atoms with Gasteiger partial charge in [0.25, 0.3) is 5.91 Å². The van der Waals surface area contributed by atoms with Crippen molar-refractivity contribution in [2.24, 2.45) is 0 Å². The third-order valence-corrected chi connectivity index (χ3v) is 7.56. The number of carbonyl (C=O) groups excluding carboxylic acids is 1. The highest BCUT2D eigenvalue weighted by atomic mass is 19.1. The predicted octanol–water partition coefficient (Wildman–Crippen LogP) is 5.10. The summed E-state index contributed by atoms with van der Waals surface area (Å²) >= 11 is 0. The van der Waals surface area contributed by atoms with Crippen LogP contribution in [0.1, 0.15) is 78.1 Å². The summed E-state index contributed by atoms with van der Waals surface area (Å²) < 4.78 is 35.6. The van der Waals surface area contributed by atoms with Crippen molar-refractivity contribution in [3.8, 4) is 0 Å². The third kappa shape index (κ3) is 4.45. The quantitative estimate of drug-likeness (QED) is 0.405. The molecule has 1 N–H and O–H groups in total. The number of nitrogens with one attached hydrogen (secondary N) is 1. The zero-order valence-corrected chi connectivity index (χ0v) is 20.5. The van der Waals surface area contributed by atoms with Crippen LogP contribution < -0.4 is 10.2 Å². The zero-order valence-electron chi connectivity index (χ0n) is 20.5. The second-order valence-corrected chi connectivity index (χ2v) is 9.94. The topological polar surface area (TPSA) is 88.6 Å². The highest BCUT2D eigenvalue weighted by Crippen LogP contribution is 2.39. The van der Waals surface area contributed by atoms with E-state index < -0.39 is 17.7 Å². The second kappa shape index (κ2) is 9.57. The largest absolute Gasteiger partial charge is 0.349 e. The van der Waals surface area contributed by atoms with Crippen molar-refractivity contribution in [2.45, 2.75) is 63.5 Å². The molecule has 1 amide bonds. The molecule has 0 spiro atoms. The molecule has 37 heavy (non-hydrogen) atoms. The summed E-state index contributed by atoms with van der Waals surface area (Å²) in [5.41, 5.74) is 1.42. The number of fused-ring (bicyclic) bond motifs is 1. The lowest BCUT2D eigenvalue weighted by atomic mass is 9.85. The van der Waals surface area contributed by atoms with Gasteiger partial charge in [-0.1, -0.05) is 11.2 Å². The van der Waals surface area contributed by atoms with Gasteiger partial charge in [0, 0.05) is 37.2 Å². The monoisotopic (exact) mass is 506 g/mol. The zero-order chi connectivity index (χ0) is 25.5. The molecular weight excluding hydrogens is 478 g/mol. The molecule has 192 valence electrons. The smallest absolute Gasteiger partial charge is 0.257 e. The Bertz CT molecular complexity index is 1440. The van der Waals surface area contributed by atoms with Crippen molar-refractivity contribution in [3.05, 3.63) is 77.1 Å². The van der Waals surface area contributed by atoms with Crippen molar-refractivity contribution in [3.63, 3.8) is 0 Å². The summed E-state index contributed by atoms with van der Waals surface area (Å²) in [6.45, 7) is 2.38. The van der Waals surface area contributed by atoms with E-state index in [9.17, 15) is 13.6 Å². The summed E-state index contributed by atoms with van der Waals surface area (Å²) in [5, 5.41) is 12.0. The molecule has 4 heterocycles. The molecule has 1 aliphatic heterocycles. The van der Waals surface area contributed by atoms with E-state index in [-0.39, 0.29) is 23.4 Å². The van der Waals surface area contributed by atoms with Gasteiger partial charge in [-0.05, 0) is 68.9 Å². The van der Waals surface area contributed by atoms with Crippen LogP contribution in [0.25, 0.3) is 5.52 Å². The first-order chi connectivity index (χ1) is 18.0. The van der Waals surface area contributed by atoms with Gasteiger partial charge in [0.05, 0.1) is 11.6 Å². The normalized spacial score (nSPS) is 22.0. The van der Waals surface area contributed by atoms with Gasteiger partial charge < -0.3 is 14.7 Å². The SMILES string of the molecule is Cc1nc(C2CCC(NC(=O)c3c(N4CCC[C@@H]4c4cc(F)ccc4F)nn4ccccc34)CC2)no1. The van der Waals surface area contributed by atoms with E-state index in [0.717, 1.165) is 50.1 Å². The molecule has 0 bridgehead atoms. The summed E-state index contributed by atoms with van der Waals surface area (Å²) in [7, 11) is 0. The Hall–Kier alpha value is -3.82. The molecule has 3 aromatic heterocycles. The molecule has 10 heteroatoms. The Morgan fingerprint density at radius 1 is 1.11 bits per heavy atom. The van der Waals surface area contributed by atoms with Gasteiger partial charge in [-0.15, -0.1) is 5.10 Å². The highest BCUT2D eigenvalue weighted by molar-refractivity contribution is 6.06. The van der Waals surface area contributed by atoms with Crippen molar-refractivity contribution in [2.75, 3.05) is 11.4 Å². The fourth-order valence-electron chi connectivity index (χ4n) is 5.75. The molecular formula is C27H28F2N6O2. The van der Waals surface area contributed by atoms with Crippen LogP contribution in [-0.2, 0) is 0 Å². The Kier molecular flexibility index (Phi) is 6.10. The van der Waals surface area contributed by atoms with Crippen LogP contribution >= 0.6 is 0 Å². The molecule has 2 fully saturated rings. The average Bonchev–Trinajstić information content (AvgIpc) is 3.63. The fourth-order valence-corrected chi connectivity index (χ4v) is 5.75. The number of nitrogens with zero attached hydrogens (tertiary/aromatic N) is 5. The summed E-state index contributed by atoms with van der Waals surface area (Å²) in [6.07, 6.45) is 6.56. The number of aromatic nitrogens is 4. The number of benzene rings is 1. The van der Waals surface area contributed by atoms with Crippen molar-refractivity contribution in [1.82, 2.24) is 25.1 Å². The molecule has 1 atom stereocenters.